The number of aromatic nitrogens is 2. The molecule has 3 aromatic carbocycles. The van der Waals surface area contributed by atoms with Crippen molar-refractivity contribution in [3.8, 4) is 17.2 Å². The molecule has 0 aliphatic heterocycles. The number of benzene rings is 3. The van der Waals surface area contributed by atoms with E-state index in [-0.39, 0.29) is 0 Å². The molecule has 4 aromatic rings. The molecule has 0 unspecified atom stereocenters. The summed E-state index contributed by atoms with van der Waals surface area (Å²) >= 11 is 0. The summed E-state index contributed by atoms with van der Waals surface area (Å²) in [4.78, 5) is 19.8. The van der Waals surface area contributed by atoms with E-state index in [9.17, 15) is 4.79 Å². The molecule has 4 rings (SSSR count). The molecule has 40 heavy (non-hydrogen) atoms. The fourth-order valence-corrected chi connectivity index (χ4v) is 3.98. The number of anilines is 3. The summed E-state index contributed by atoms with van der Waals surface area (Å²) in [7, 11) is 1.90. The van der Waals surface area contributed by atoms with E-state index >= 15 is 0 Å². The van der Waals surface area contributed by atoms with Crippen molar-refractivity contribution in [3.05, 3.63) is 90.1 Å². The Labute approximate surface area is 238 Å². The summed E-state index contributed by atoms with van der Waals surface area (Å²) in [6.07, 6.45) is 5.99. The average Bonchev–Trinajstić information content (AvgIpc) is 3.39. The molecule has 0 saturated heterocycles. The van der Waals surface area contributed by atoms with Crippen molar-refractivity contribution in [3.63, 3.8) is 0 Å². The number of ether oxygens (including phenoxy) is 1. The van der Waals surface area contributed by atoms with Crippen LogP contribution in [0, 0.1) is 0 Å². The fraction of sp³-hybridized carbons (Fsp3) is 0.303. The lowest BCUT2D eigenvalue weighted by atomic mass is 10.1. The van der Waals surface area contributed by atoms with Crippen LogP contribution >= 0.6 is 0 Å². The lowest BCUT2D eigenvalue weighted by Crippen LogP contribution is -2.05. The van der Waals surface area contributed by atoms with Crippen LogP contribution in [-0.2, 0) is 22.4 Å². The molecule has 1 aromatic heterocycles. The van der Waals surface area contributed by atoms with Crippen LogP contribution in [0.25, 0.3) is 5.69 Å². The fourth-order valence-electron chi connectivity index (χ4n) is 3.98. The number of carbonyl (C=O) groups is 2. The van der Waals surface area contributed by atoms with Crippen molar-refractivity contribution >= 4 is 29.8 Å². The van der Waals surface area contributed by atoms with Gasteiger partial charge in [-0.1, -0.05) is 51.5 Å². The van der Waals surface area contributed by atoms with Crippen molar-refractivity contribution in [2.75, 3.05) is 17.7 Å². The molecule has 0 amide bonds. The van der Waals surface area contributed by atoms with E-state index in [4.69, 9.17) is 14.6 Å². The van der Waals surface area contributed by atoms with E-state index in [2.05, 4.69) is 29.7 Å². The summed E-state index contributed by atoms with van der Waals surface area (Å²) < 4.78 is 7.95. The molecule has 7 nitrogen and oxygen atoms in total. The SMILES string of the molecule is CC.CC=O.CCCCc1cc(Nc2cccc(Oc3ccccc3)c2)n(-c2ccc(NC)c(CCC=O)c2)n1. The molecule has 0 radical (unpaired) electrons. The zero-order valence-corrected chi connectivity index (χ0v) is 24.3. The molecule has 2 N–H and O–H groups in total. The quantitative estimate of drug-likeness (QED) is 0.176. The normalized spacial score (nSPS) is 9.82. The molecule has 0 spiro atoms. The van der Waals surface area contributed by atoms with Gasteiger partial charge in [0, 0.05) is 37.0 Å². The first-order chi connectivity index (χ1) is 19.6. The third kappa shape index (κ3) is 9.73. The van der Waals surface area contributed by atoms with E-state index in [1.165, 1.54) is 6.92 Å². The minimum Gasteiger partial charge on any atom is -0.457 e. The van der Waals surface area contributed by atoms with Gasteiger partial charge in [0.2, 0.25) is 0 Å². The van der Waals surface area contributed by atoms with Crippen molar-refractivity contribution in [2.24, 2.45) is 0 Å². The number of carbonyl (C=O) groups excluding carboxylic acids is 2. The number of hydrogen-bond donors (Lipinski definition) is 2. The maximum atomic E-state index is 11.0. The predicted octanol–water partition coefficient (Wildman–Crippen LogP) is 8.16. The van der Waals surface area contributed by atoms with E-state index in [0.717, 1.165) is 77.5 Å². The Morgan fingerprint density at radius 1 is 0.900 bits per heavy atom. The number of rotatable bonds is 12. The molecule has 0 aliphatic rings. The van der Waals surface area contributed by atoms with Crippen LogP contribution in [-0.4, -0.2) is 29.4 Å². The zero-order valence-electron chi connectivity index (χ0n) is 24.3. The Morgan fingerprint density at radius 2 is 1.62 bits per heavy atom. The highest BCUT2D eigenvalue weighted by Gasteiger charge is 2.13. The van der Waals surface area contributed by atoms with Gasteiger partial charge < -0.3 is 25.0 Å². The standard InChI is InChI=1S/C29H32N4O2.C2H4O.C2H6/c1-3-4-11-24-21-29(31-23-12-8-15-27(20-23)35-26-13-6-5-7-14-26)33(32-24)25-16-17-28(30-2)22(19-25)10-9-18-34;1-2-3;1-2/h5-8,12-21,30-31H,3-4,9-11H2,1-2H3;2H,1H3;1-2H3. The average molecular weight is 543 g/mol. The molecular weight excluding hydrogens is 500 g/mol. The Hall–Kier alpha value is -4.39. The Balaban J connectivity index is 0.00000105. The summed E-state index contributed by atoms with van der Waals surface area (Å²) in [6.45, 7) is 7.63. The highest BCUT2D eigenvalue weighted by Crippen LogP contribution is 2.29. The molecule has 0 bridgehead atoms. The highest BCUT2D eigenvalue weighted by molar-refractivity contribution is 5.63. The van der Waals surface area contributed by atoms with Crippen molar-refractivity contribution in [1.82, 2.24) is 9.78 Å². The zero-order chi connectivity index (χ0) is 29.2. The van der Waals surface area contributed by atoms with E-state index in [0.29, 0.717) is 12.8 Å². The van der Waals surface area contributed by atoms with Crippen molar-refractivity contribution in [2.45, 2.75) is 59.8 Å². The Morgan fingerprint density at radius 3 is 2.30 bits per heavy atom. The van der Waals surface area contributed by atoms with Gasteiger partial charge in [-0.15, -0.1) is 0 Å². The number of unbranched alkanes of at least 4 members (excludes halogenated alkanes) is 1. The molecule has 7 heteroatoms. The van der Waals surface area contributed by atoms with Crippen LogP contribution < -0.4 is 15.4 Å². The summed E-state index contributed by atoms with van der Waals surface area (Å²) in [5, 5.41) is 11.7. The van der Waals surface area contributed by atoms with Crippen LogP contribution in [0.3, 0.4) is 0 Å². The van der Waals surface area contributed by atoms with Gasteiger partial charge in [-0.3, -0.25) is 0 Å². The first-order valence-electron chi connectivity index (χ1n) is 13.9. The third-order valence-corrected chi connectivity index (χ3v) is 5.77. The van der Waals surface area contributed by atoms with Gasteiger partial charge in [-0.05, 0) is 74.2 Å². The van der Waals surface area contributed by atoms with Crippen LogP contribution in [0.1, 0.15) is 58.2 Å². The molecule has 0 saturated carbocycles. The van der Waals surface area contributed by atoms with Gasteiger partial charge in [0.05, 0.1) is 11.4 Å². The van der Waals surface area contributed by atoms with Crippen LogP contribution in [0.4, 0.5) is 17.2 Å². The highest BCUT2D eigenvalue weighted by atomic mass is 16.5. The van der Waals surface area contributed by atoms with Gasteiger partial charge in [0.25, 0.3) is 0 Å². The van der Waals surface area contributed by atoms with Crippen LogP contribution in [0.5, 0.6) is 11.5 Å². The Kier molecular flexibility index (Phi) is 14.3. The minimum absolute atomic E-state index is 0.484. The molecule has 212 valence electrons. The maximum absolute atomic E-state index is 11.0. The van der Waals surface area contributed by atoms with Crippen molar-refractivity contribution < 1.29 is 14.3 Å². The second kappa shape index (κ2) is 18.0. The van der Waals surface area contributed by atoms with E-state index in [1.807, 2.05) is 92.3 Å². The number of hydrogen-bond acceptors (Lipinski definition) is 6. The number of para-hydroxylation sites is 1. The lowest BCUT2D eigenvalue weighted by Gasteiger charge is -2.14. The van der Waals surface area contributed by atoms with E-state index in [1.54, 1.807) is 0 Å². The van der Waals surface area contributed by atoms with Crippen LogP contribution in [0.2, 0.25) is 0 Å². The number of aldehydes is 2. The predicted molar refractivity (Wildman–Crippen MR) is 165 cm³/mol. The third-order valence-electron chi connectivity index (χ3n) is 5.77. The number of nitrogens with zero attached hydrogens (tertiary/aromatic N) is 2. The minimum atomic E-state index is 0.484. The molecule has 0 aliphatic carbocycles. The second-order valence-electron chi connectivity index (χ2n) is 8.64. The first-order valence-corrected chi connectivity index (χ1v) is 13.9. The second-order valence-corrected chi connectivity index (χ2v) is 8.64. The molecule has 0 atom stereocenters. The topological polar surface area (TPSA) is 85.2 Å². The van der Waals surface area contributed by atoms with Gasteiger partial charge >= 0.3 is 0 Å². The Bertz CT molecular complexity index is 1300. The van der Waals surface area contributed by atoms with Gasteiger partial charge in [0.15, 0.2) is 0 Å². The van der Waals surface area contributed by atoms with Gasteiger partial charge in [0.1, 0.15) is 29.9 Å². The summed E-state index contributed by atoms with van der Waals surface area (Å²) in [6, 6.07) is 26.0. The maximum Gasteiger partial charge on any atom is 0.134 e. The largest absolute Gasteiger partial charge is 0.457 e. The molecule has 1 heterocycles. The molecular formula is C33H42N4O3. The van der Waals surface area contributed by atoms with E-state index < -0.39 is 0 Å². The lowest BCUT2D eigenvalue weighted by molar-refractivity contribution is -0.108. The summed E-state index contributed by atoms with van der Waals surface area (Å²) in [5.41, 5.74) is 5.01. The van der Waals surface area contributed by atoms with Gasteiger partial charge in [-0.25, -0.2) is 4.68 Å². The smallest absolute Gasteiger partial charge is 0.134 e. The van der Waals surface area contributed by atoms with Crippen LogP contribution in [0.15, 0.2) is 78.9 Å². The van der Waals surface area contributed by atoms with Gasteiger partial charge in [-0.2, -0.15) is 5.10 Å². The van der Waals surface area contributed by atoms with Crippen molar-refractivity contribution in [1.29, 1.82) is 0 Å². The summed E-state index contributed by atoms with van der Waals surface area (Å²) in [5.74, 6) is 2.43. The molecule has 0 fully saturated rings. The number of nitrogens with one attached hydrogen (secondary N) is 2. The first kappa shape index (κ1) is 31.8. The number of aryl methyl sites for hydroxylation is 2. The monoisotopic (exact) mass is 542 g/mol.